The van der Waals surface area contributed by atoms with E-state index in [9.17, 15) is 8.42 Å². The molecule has 0 aliphatic carbocycles. The van der Waals surface area contributed by atoms with Gasteiger partial charge in [-0.3, -0.25) is 0 Å². The monoisotopic (exact) mass is 235 g/mol. The van der Waals surface area contributed by atoms with Gasteiger partial charge in [-0.05, 0) is 0 Å². The van der Waals surface area contributed by atoms with Gasteiger partial charge in [-0.25, -0.2) is 0 Å². The standard InChI is InChI=1S/C8H17N3O3S/c1-10(8-6-9-7-8)15(12,13)11-2-4-14-5-3-11/h8-9H,2-7H2,1H3. The molecule has 0 amide bonds. The number of rotatable bonds is 3. The van der Waals surface area contributed by atoms with Gasteiger partial charge in [0.2, 0.25) is 0 Å². The van der Waals surface area contributed by atoms with Crippen molar-refractivity contribution in [1.82, 2.24) is 13.9 Å². The van der Waals surface area contributed by atoms with Crippen molar-refractivity contribution in [3.05, 3.63) is 0 Å². The normalized spacial score (nSPS) is 25.5. The number of likely N-dealkylation sites (N-methyl/N-ethyl adjacent to an activating group) is 1. The van der Waals surface area contributed by atoms with Crippen LogP contribution in [0.5, 0.6) is 0 Å². The Morgan fingerprint density at radius 2 is 1.93 bits per heavy atom. The van der Waals surface area contributed by atoms with Crippen LogP contribution in [0, 0.1) is 0 Å². The van der Waals surface area contributed by atoms with E-state index >= 15 is 0 Å². The van der Waals surface area contributed by atoms with Crippen molar-refractivity contribution >= 4 is 10.2 Å². The van der Waals surface area contributed by atoms with E-state index in [1.54, 1.807) is 7.05 Å². The molecular weight excluding hydrogens is 218 g/mol. The fourth-order valence-corrected chi connectivity index (χ4v) is 3.18. The maximum Gasteiger partial charge on any atom is 0.282 e. The summed E-state index contributed by atoms with van der Waals surface area (Å²) in [7, 11) is -1.63. The minimum atomic E-state index is -3.28. The summed E-state index contributed by atoms with van der Waals surface area (Å²) in [5.74, 6) is 0. The molecule has 0 bridgehead atoms. The highest BCUT2D eigenvalue weighted by atomic mass is 32.2. The van der Waals surface area contributed by atoms with Crippen molar-refractivity contribution in [2.75, 3.05) is 46.4 Å². The highest BCUT2D eigenvalue weighted by Crippen LogP contribution is 2.14. The van der Waals surface area contributed by atoms with E-state index in [1.165, 1.54) is 8.61 Å². The summed E-state index contributed by atoms with van der Waals surface area (Å²) >= 11 is 0. The Balaban J connectivity index is 2.03. The second-order valence-corrected chi connectivity index (χ2v) is 5.84. The van der Waals surface area contributed by atoms with Crippen molar-refractivity contribution in [1.29, 1.82) is 0 Å². The first-order valence-corrected chi connectivity index (χ1v) is 6.53. The lowest BCUT2D eigenvalue weighted by Crippen LogP contribution is -2.60. The van der Waals surface area contributed by atoms with Gasteiger partial charge in [-0.1, -0.05) is 0 Å². The van der Waals surface area contributed by atoms with Crippen molar-refractivity contribution in [3.63, 3.8) is 0 Å². The average molecular weight is 235 g/mol. The molecule has 6 nitrogen and oxygen atoms in total. The maximum absolute atomic E-state index is 12.1. The molecular formula is C8H17N3O3S. The molecule has 2 aliphatic heterocycles. The fraction of sp³-hybridized carbons (Fsp3) is 1.00. The first kappa shape index (κ1) is 11.3. The molecule has 0 aromatic rings. The molecule has 2 aliphatic rings. The minimum absolute atomic E-state index is 0.109. The number of hydrogen-bond acceptors (Lipinski definition) is 4. The molecule has 0 aromatic carbocycles. The summed E-state index contributed by atoms with van der Waals surface area (Å²) in [6.45, 7) is 3.42. The van der Waals surface area contributed by atoms with Crippen molar-refractivity contribution < 1.29 is 13.2 Å². The van der Waals surface area contributed by atoms with Gasteiger partial charge in [0, 0.05) is 33.2 Å². The Bertz CT molecular complexity index is 301. The van der Waals surface area contributed by atoms with E-state index in [0.717, 1.165) is 13.1 Å². The van der Waals surface area contributed by atoms with Crippen LogP contribution < -0.4 is 5.32 Å². The number of hydrogen-bond donors (Lipinski definition) is 1. The lowest BCUT2D eigenvalue weighted by molar-refractivity contribution is 0.0692. The Labute approximate surface area is 90.4 Å². The number of morpholine rings is 1. The molecule has 7 heteroatoms. The first-order chi connectivity index (χ1) is 7.12. The molecule has 0 unspecified atom stereocenters. The van der Waals surface area contributed by atoms with E-state index in [2.05, 4.69) is 5.32 Å². The largest absolute Gasteiger partial charge is 0.379 e. The summed E-state index contributed by atoms with van der Waals surface area (Å²) in [6, 6.07) is 0.109. The van der Waals surface area contributed by atoms with Crippen LogP contribution >= 0.6 is 0 Å². The maximum atomic E-state index is 12.1. The molecule has 0 saturated carbocycles. The van der Waals surface area contributed by atoms with Gasteiger partial charge in [0.1, 0.15) is 0 Å². The smallest absolute Gasteiger partial charge is 0.282 e. The third-order valence-electron chi connectivity index (χ3n) is 2.93. The van der Waals surface area contributed by atoms with Crippen LogP contribution in [0.1, 0.15) is 0 Å². The van der Waals surface area contributed by atoms with Crippen LogP contribution in [0.2, 0.25) is 0 Å². The summed E-state index contributed by atoms with van der Waals surface area (Å²) in [5, 5.41) is 3.07. The molecule has 2 rings (SSSR count). The van der Waals surface area contributed by atoms with Crippen LogP contribution in [-0.4, -0.2) is 69.5 Å². The van der Waals surface area contributed by atoms with Crippen LogP contribution in [0.3, 0.4) is 0 Å². The SMILES string of the molecule is CN(C1CNC1)S(=O)(=O)N1CCOCC1. The Morgan fingerprint density at radius 1 is 1.33 bits per heavy atom. The molecule has 2 fully saturated rings. The third-order valence-corrected chi connectivity index (χ3v) is 4.98. The fourth-order valence-electron chi connectivity index (χ4n) is 1.68. The first-order valence-electron chi connectivity index (χ1n) is 5.14. The lowest BCUT2D eigenvalue weighted by Gasteiger charge is -2.38. The van der Waals surface area contributed by atoms with E-state index in [4.69, 9.17) is 4.74 Å². The van der Waals surface area contributed by atoms with E-state index in [1.807, 2.05) is 0 Å². The van der Waals surface area contributed by atoms with Crippen LogP contribution in [0.15, 0.2) is 0 Å². The van der Waals surface area contributed by atoms with Gasteiger partial charge >= 0.3 is 0 Å². The predicted molar refractivity (Wildman–Crippen MR) is 55.7 cm³/mol. The molecule has 0 radical (unpaired) electrons. The van der Waals surface area contributed by atoms with Gasteiger partial charge in [0.25, 0.3) is 10.2 Å². The lowest BCUT2D eigenvalue weighted by atomic mass is 10.2. The summed E-state index contributed by atoms with van der Waals surface area (Å²) < 4.78 is 32.3. The summed E-state index contributed by atoms with van der Waals surface area (Å²) in [4.78, 5) is 0. The third kappa shape index (κ3) is 2.16. The van der Waals surface area contributed by atoms with Gasteiger partial charge in [0.05, 0.1) is 19.3 Å². The highest BCUT2D eigenvalue weighted by molar-refractivity contribution is 7.86. The molecule has 0 aromatic heterocycles. The number of nitrogens with one attached hydrogen (secondary N) is 1. The van der Waals surface area contributed by atoms with Gasteiger partial charge < -0.3 is 10.1 Å². The second kappa shape index (κ2) is 4.34. The average Bonchev–Trinajstić information content (AvgIpc) is 2.16. The quantitative estimate of drug-likeness (QED) is 0.644. The highest BCUT2D eigenvalue weighted by Gasteiger charge is 2.35. The van der Waals surface area contributed by atoms with Crippen molar-refractivity contribution in [3.8, 4) is 0 Å². The van der Waals surface area contributed by atoms with Crippen molar-refractivity contribution in [2.24, 2.45) is 0 Å². The summed E-state index contributed by atoms with van der Waals surface area (Å²) in [6.07, 6.45) is 0. The molecule has 2 saturated heterocycles. The molecule has 88 valence electrons. The molecule has 15 heavy (non-hydrogen) atoms. The second-order valence-electron chi connectivity index (χ2n) is 3.85. The van der Waals surface area contributed by atoms with Crippen LogP contribution in [0.25, 0.3) is 0 Å². The Kier molecular flexibility index (Phi) is 3.27. The zero-order valence-electron chi connectivity index (χ0n) is 8.85. The Morgan fingerprint density at radius 3 is 2.40 bits per heavy atom. The summed E-state index contributed by atoms with van der Waals surface area (Å²) in [5.41, 5.74) is 0. The van der Waals surface area contributed by atoms with Crippen LogP contribution in [-0.2, 0) is 14.9 Å². The molecule has 1 N–H and O–H groups in total. The van der Waals surface area contributed by atoms with Gasteiger partial charge in [0.15, 0.2) is 0 Å². The van der Waals surface area contributed by atoms with E-state index < -0.39 is 10.2 Å². The predicted octanol–water partition coefficient (Wildman–Crippen LogP) is -1.53. The van der Waals surface area contributed by atoms with Crippen molar-refractivity contribution in [2.45, 2.75) is 6.04 Å². The topological polar surface area (TPSA) is 61.9 Å². The number of nitrogens with zero attached hydrogens (tertiary/aromatic N) is 2. The molecule has 0 spiro atoms. The molecule has 2 heterocycles. The van der Waals surface area contributed by atoms with Gasteiger partial charge in [-0.15, -0.1) is 0 Å². The van der Waals surface area contributed by atoms with E-state index in [0.29, 0.717) is 26.3 Å². The molecule has 0 atom stereocenters. The zero-order valence-corrected chi connectivity index (χ0v) is 9.66. The van der Waals surface area contributed by atoms with Crippen LogP contribution in [0.4, 0.5) is 0 Å². The minimum Gasteiger partial charge on any atom is -0.379 e. The number of ether oxygens (including phenoxy) is 1. The van der Waals surface area contributed by atoms with E-state index in [-0.39, 0.29) is 6.04 Å². The Hall–Kier alpha value is -0.210. The van der Waals surface area contributed by atoms with Gasteiger partial charge in [-0.2, -0.15) is 17.0 Å². The zero-order chi connectivity index (χ0) is 10.9.